The van der Waals surface area contributed by atoms with Crippen LogP contribution in [0.3, 0.4) is 0 Å². The summed E-state index contributed by atoms with van der Waals surface area (Å²) in [4.78, 5) is 29.5. The first-order chi connectivity index (χ1) is 7.60. The van der Waals surface area contributed by atoms with E-state index < -0.39 is 6.04 Å². The third-order valence-electron chi connectivity index (χ3n) is 1.95. The third kappa shape index (κ3) is 2.66. The summed E-state index contributed by atoms with van der Waals surface area (Å²) < 4.78 is 0. The highest BCUT2D eigenvalue weighted by Crippen LogP contribution is 2.17. The minimum Gasteiger partial charge on any atom is -0.358 e. The topological polar surface area (TPSA) is 84.0 Å². The number of aromatic nitrogens is 2. The normalized spacial score (nSPS) is 11.7. The maximum Gasteiger partial charge on any atom is 0.241 e. The van der Waals surface area contributed by atoms with E-state index in [2.05, 4.69) is 20.6 Å². The second-order valence-corrected chi connectivity index (χ2v) is 3.38. The number of carbonyl (C=O) groups excluding carboxylic acids is 2. The van der Waals surface area contributed by atoms with Gasteiger partial charge in [-0.2, -0.15) is 0 Å². The minimum absolute atomic E-state index is 0.0524. The first kappa shape index (κ1) is 12.4. The van der Waals surface area contributed by atoms with Crippen LogP contribution in [0.4, 0.5) is 5.82 Å². The lowest BCUT2D eigenvalue weighted by molar-refractivity contribution is -0.121. The van der Waals surface area contributed by atoms with Crippen LogP contribution in [0.1, 0.15) is 17.3 Å². The van der Waals surface area contributed by atoms with Gasteiger partial charge >= 0.3 is 0 Å². The van der Waals surface area contributed by atoms with Crippen LogP contribution in [0.5, 0.6) is 0 Å². The standard InChI is InChI=1S/C9H11ClN4O2/c1-5(9(16)11-2)14-8-6(3-15)7(10)12-4-13-8/h3-5H,1-2H3,(H,11,16)(H,12,13,14). The van der Waals surface area contributed by atoms with Crippen LogP contribution >= 0.6 is 11.6 Å². The molecule has 0 saturated heterocycles. The Labute approximate surface area is 97.4 Å². The Hall–Kier alpha value is -1.69. The number of nitrogens with zero attached hydrogens (tertiary/aromatic N) is 2. The molecule has 0 aliphatic carbocycles. The number of likely N-dealkylation sites (N-methyl/N-ethyl adjacent to an activating group) is 1. The first-order valence-electron chi connectivity index (χ1n) is 4.54. The van der Waals surface area contributed by atoms with Gasteiger partial charge in [-0.3, -0.25) is 9.59 Å². The van der Waals surface area contributed by atoms with Gasteiger partial charge in [0.15, 0.2) is 6.29 Å². The van der Waals surface area contributed by atoms with Crippen LogP contribution < -0.4 is 10.6 Å². The van der Waals surface area contributed by atoms with Gasteiger partial charge in [-0.15, -0.1) is 0 Å². The highest BCUT2D eigenvalue weighted by atomic mass is 35.5. The summed E-state index contributed by atoms with van der Waals surface area (Å²) in [6.45, 7) is 1.64. The van der Waals surface area contributed by atoms with E-state index in [1.54, 1.807) is 6.92 Å². The number of hydrogen-bond donors (Lipinski definition) is 2. The number of aldehydes is 1. The van der Waals surface area contributed by atoms with Crippen molar-refractivity contribution < 1.29 is 9.59 Å². The molecule has 1 rings (SSSR count). The Kier molecular flexibility index (Phi) is 4.19. The first-order valence-corrected chi connectivity index (χ1v) is 4.91. The lowest BCUT2D eigenvalue weighted by atomic mass is 10.2. The molecule has 0 saturated carbocycles. The van der Waals surface area contributed by atoms with E-state index in [4.69, 9.17) is 11.6 Å². The molecule has 0 fully saturated rings. The fourth-order valence-electron chi connectivity index (χ4n) is 1.08. The molecule has 0 bridgehead atoms. The van der Waals surface area contributed by atoms with Crippen LogP contribution in [0.25, 0.3) is 0 Å². The van der Waals surface area contributed by atoms with Crippen molar-refractivity contribution in [3.05, 3.63) is 17.0 Å². The SMILES string of the molecule is CNC(=O)C(C)Nc1ncnc(Cl)c1C=O. The lowest BCUT2D eigenvalue weighted by Crippen LogP contribution is -2.35. The van der Waals surface area contributed by atoms with Crippen molar-refractivity contribution in [2.24, 2.45) is 0 Å². The molecule has 2 N–H and O–H groups in total. The minimum atomic E-state index is -0.519. The van der Waals surface area contributed by atoms with Crippen LogP contribution in [0.2, 0.25) is 5.15 Å². The zero-order valence-corrected chi connectivity index (χ0v) is 9.58. The fraction of sp³-hybridized carbons (Fsp3) is 0.333. The van der Waals surface area contributed by atoms with Gasteiger partial charge in [-0.1, -0.05) is 11.6 Å². The summed E-state index contributed by atoms with van der Waals surface area (Å²) >= 11 is 5.70. The van der Waals surface area contributed by atoms with E-state index in [0.717, 1.165) is 0 Å². The van der Waals surface area contributed by atoms with E-state index >= 15 is 0 Å². The van der Waals surface area contributed by atoms with Gasteiger partial charge in [-0.05, 0) is 6.92 Å². The van der Waals surface area contributed by atoms with Crippen molar-refractivity contribution in [3.63, 3.8) is 0 Å². The zero-order chi connectivity index (χ0) is 12.1. The molecule has 1 amide bonds. The summed E-state index contributed by atoms with van der Waals surface area (Å²) in [5.41, 5.74) is 0.139. The molecule has 0 spiro atoms. The molecule has 0 aliphatic rings. The van der Waals surface area contributed by atoms with E-state index in [0.29, 0.717) is 6.29 Å². The summed E-state index contributed by atoms with van der Waals surface area (Å²) in [5, 5.41) is 5.30. The number of carbonyl (C=O) groups is 2. The zero-order valence-electron chi connectivity index (χ0n) is 8.82. The van der Waals surface area contributed by atoms with Crippen LogP contribution in [0, 0.1) is 0 Å². The average Bonchev–Trinajstić information content (AvgIpc) is 2.28. The summed E-state index contributed by atoms with van der Waals surface area (Å²) in [7, 11) is 1.52. The molecule has 6 nitrogen and oxygen atoms in total. The number of halogens is 1. The fourth-order valence-corrected chi connectivity index (χ4v) is 1.26. The van der Waals surface area contributed by atoms with Crippen LogP contribution in [-0.2, 0) is 4.79 Å². The number of nitrogens with one attached hydrogen (secondary N) is 2. The van der Waals surface area contributed by atoms with Gasteiger partial charge < -0.3 is 10.6 Å². The van der Waals surface area contributed by atoms with Crippen molar-refractivity contribution in [1.29, 1.82) is 0 Å². The molecule has 1 unspecified atom stereocenters. The average molecular weight is 243 g/mol. The van der Waals surface area contributed by atoms with Gasteiger partial charge in [0, 0.05) is 7.05 Å². The van der Waals surface area contributed by atoms with Crippen LogP contribution in [0.15, 0.2) is 6.33 Å². The van der Waals surface area contributed by atoms with E-state index in [1.165, 1.54) is 13.4 Å². The quantitative estimate of drug-likeness (QED) is 0.593. The molecule has 1 aromatic heterocycles. The third-order valence-corrected chi connectivity index (χ3v) is 2.25. The Morgan fingerprint density at radius 2 is 2.25 bits per heavy atom. The molecule has 1 heterocycles. The van der Waals surface area contributed by atoms with Gasteiger partial charge in [0.1, 0.15) is 23.3 Å². The molecule has 1 aromatic rings. The molecular formula is C9H11ClN4O2. The highest BCUT2D eigenvalue weighted by Gasteiger charge is 2.15. The predicted octanol–water partition coefficient (Wildman–Crippen LogP) is 0.489. The molecule has 7 heteroatoms. The largest absolute Gasteiger partial charge is 0.358 e. The monoisotopic (exact) mass is 242 g/mol. The summed E-state index contributed by atoms with van der Waals surface area (Å²) in [6, 6.07) is -0.519. The lowest BCUT2D eigenvalue weighted by Gasteiger charge is -2.13. The molecule has 1 atom stereocenters. The van der Waals surface area contributed by atoms with Gasteiger partial charge in [0.05, 0.1) is 5.56 Å². The molecule has 16 heavy (non-hydrogen) atoms. The van der Waals surface area contributed by atoms with E-state index in [1.807, 2.05) is 0 Å². The van der Waals surface area contributed by atoms with Gasteiger partial charge in [0.2, 0.25) is 5.91 Å². The van der Waals surface area contributed by atoms with Crippen LogP contribution in [-0.4, -0.2) is 35.3 Å². The van der Waals surface area contributed by atoms with Crippen molar-refractivity contribution in [2.45, 2.75) is 13.0 Å². The number of amides is 1. The molecule has 86 valence electrons. The van der Waals surface area contributed by atoms with Gasteiger partial charge in [-0.25, -0.2) is 9.97 Å². The van der Waals surface area contributed by atoms with E-state index in [-0.39, 0.29) is 22.4 Å². The molecule has 0 aliphatic heterocycles. The molecule has 0 aromatic carbocycles. The molecule has 0 radical (unpaired) electrons. The number of anilines is 1. The summed E-state index contributed by atoms with van der Waals surface area (Å²) in [5.74, 6) is 0.0256. The Bertz CT molecular complexity index is 410. The van der Waals surface area contributed by atoms with Crippen molar-refractivity contribution in [3.8, 4) is 0 Å². The number of hydrogen-bond acceptors (Lipinski definition) is 5. The Morgan fingerprint density at radius 1 is 1.56 bits per heavy atom. The Morgan fingerprint density at radius 3 is 2.81 bits per heavy atom. The maximum atomic E-state index is 11.3. The number of rotatable bonds is 4. The van der Waals surface area contributed by atoms with Crippen molar-refractivity contribution >= 4 is 29.6 Å². The van der Waals surface area contributed by atoms with E-state index in [9.17, 15) is 9.59 Å². The maximum absolute atomic E-state index is 11.3. The highest BCUT2D eigenvalue weighted by molar-refractivity contribution is 6.32. The molecular weight excluding hydrogens is 232 g/mol. The Balaban J connectivity index is 2.93. The van der Waals surface area contributed by atoms with Crippen molar-refractivity contribution in [2.75, 3.05) is 12.4 Å². The van der Waals surface area contributed by atoms with Crippen molar-refractivity contribution in [1.82, 2.24) is 15.3 Å². The predicted molar refractivity (Wildman–Crippen MR) is 59.6 cm³/mol. The second-order valence-electron chi connectivity index (χ2n) is 3.02. The summed E-state index contributed by atoms with van der Waals surface area (Å²) in [6.07, 6.45) is 1.76. The smallest absolute Gasteiger partial charge is 0.241 e. The second kappa shape index (κ2) is 5.41. The van der Waals surface area contributed by atoms with Gasteiger partial charge in [0.25, 0.3) is 0 Å².